The smallest absolute Gasteiger partial charge is 0.243 e. The summed E-state index contributed by atoms with van der Waals surface area (Å²) in [5, 5.41) is 0.592. The lowest BCUT2D eigenvalue weighted by molar-refractivity contribution is 0.171. The molecule has 0 N–H and O–H groups in total. The normalized spacial score (nSPS) is 14.8. The summed E-state index contributed by atoms with van der Waals surface area (Å²) < 4.78 is 37.6. The van der Waals surface area contributed by atoms with Crippen LogP contribution in [0.2, 0.25) is 0 Å². The van der Waals surface area contributed by atoms with Crippen molar-refractivity contribution in [3.63, 3.8) is 0 Å². The Bertz CT molecular complexity index is 574. The van der Waals surface area contributed by atoms with E-state index in [1.807, 2.05) is 13.8 Å². The Labute approximate surface area is 128 Å². The number of hydrogen-bond acceptors (Lipinski definition) is 4. The summed E-state index contributed by atoms with van der Waals surface area (Å²) in [5.74, 6) is 1.08. The number of rotatable bonds is 5. The largest absolute Gasteiger partial charge is 0.486 e. The number of sulfonamides is 1. The van der Waals surface area contributed by atoms with E-state index in [1.54, 1.807) is 12.1 Å². The molecule has 5 nitrogen and oxygen atoms in total. The highest BCUT2D eigenvalue weighted by Crippen LogP contribution is 2.33. The molecule has 0 saturated heterocycles. The van der Waals surface area contributed by atoms with Crippen LogP contribution in [0.3, 0.4) is 0 Å². The molecule has 0 bridgehead atoms. The molecule has 1 aliphatic heterocycles. The summed E-state index contributed by atoms with van der Waals surface area (Å²) in [6.45, 7) is 5.07. The Morgan fingerprint density at radius 2 is 1.90 bits per heavy atom. The van der Waals surface area contributed by atoms with Crippen LogP contribution in [-0.2, 0) is 10.0 Å². The van der Waals surface area contributed by atoms with Gasteiger partial charge in [0.15, 0.2) is 11.5 Å². The van der Waals surface area contributed by atoms with Crippen LogP contribution >= 0.6 is 15.9 Å². The van der Waals surface area contributed by atoms with Crippen LogP contribution < -0.4 is 9.47 Å². The fourth-order valence-electron chi connectivity index (χ4n) is 2.06. The topological polar surface area (TPSA) is 55.8 Å². The van der Waals surface area contributed by atoms with Crippen molar-refractivity contribution >= 4 is 26.0 Å². The Kier molecular flexibility index (Phi) is 4.93. The van der Waals surface area contributed by atoms with Gasteiger partial charge in [0.25, 0.3) is 0 Å². The number of halogens is 1. The molecule has 1 aromatic carbocycles. The fourth-order valence-corrected chi connectivity index (χ4v) is 4.33. The van der Waals surface area contributed by atoms with E-state index in [1.165, 1.54) is 10.4 Å². The molecule has 112 valence electrons. The van der Waals surface area contributed by atoms with E-state index in [9.17, 15) is 8.42 Å². The van der Waals surface area contributed by atoms with Gasteiger partial charge in [-0.3, -0.25) is 0 Å². The monoisotopic (exact) mass is 363 g/mol. The second-order valence-electron chi connectivity index (χ2n) is 4.70. The van der Waals surface area contributed by atoms with Gasteiger partial charge < -0.3 is 9.47 Å². The van der Waals surface area contributed by atoms with Crippen molar-refractivity contribution in [2.24, 2.45) is 0 Å². The van der Waals surface area contributed by atoms with Gasteiger partial charge in [-0.1, -0.05) is 15.9 Å². The summed E-state index contributed by atoms with van der Waals surface area (Å²) >= 11 is 3.29. The molecule has 1 aromatic rings. The van der Waals surface area contributed by atoms with Crippen LogP contribution in [0.25, 0.3) is 0 Å². The highest BCUT2D eigenvalue weighted by Gasteiger charge is 2.28. The van der Waals surface area contributed by atoms with Gasteiger partial charge in [0.05, 0.1) is 4.90 Å². The van der Waals surface area contributed by atoms with Crippen molar-refractivity contribution in [2.45, 2.75) is 24.8 Å². The number of ether oxygens (including phenoxy) is 2. The standard InChI is InChI=1S/C13H18BrNO4S/c1-10(2)15(6-5-14)20(16,17)11-3-4-12-13(9-11)19-8-7-18-12/h3-4,9-10H,5-8H2,1-2H3. The molecule has 0 unspecified atom stereocenters. The fraction of sp³-hybridized carbons (Fsp3) is 0.538. The zero-order valence-corrected chi connectivity index (χ0v) is 13.9. The minimum atomic E-state index is -3.53. The van der Waals surface area contributed by atoms with Crippen molar-refractivity contribution in [2.75, 3.05) is 25.1 Å². The van der Waals surface area contributed by atoms with Crippen LogP contribution in [0.1, 0.15) is 13.8 Å². The Hall–Kier alpha value is -0.790. The Morgan fingerprint density at radius 1 is 1.25 bits per heavy atom. The minimum Gasteiger partial charge on any atom is -0.486 e. The van der Waals surface area contributed by atoms with E-state index in [4.69, 9.17) is 9.47 Å². The van der Waals surface area contributed by atoms with E-state index >= 15 is 0 Å². The molecule has 0 fully saturated rings. The molecule has 0 aromatic heterocycles. The minimum absolute atomic E-state index is 0.106. The van der Waals surface area contributed by atoms with Gasteiger partial charge in [-0.2, -0.15) is 4.31 Å². The van der Waals surface area contributed by atoms with Crippen molar-refractivity contribution < 1.29 is 17.9 Å². The molecule has 7 heteroatoms. The van der Waals surface area contributed by atoms with Crippen LogP contribution in [0.4, 0.5) is 0 Å². The molecule has 20 heavy (non-hydrogen) atoms. The van der Waals surface area contributed by atoms with Crippen LogP contribution in [0, 0.1) is 0 Å². The highest BCUT2D eigenvalue weighted by atomic mass is 79.9. The van der Waals surface area contributed by atoms with Crippen LogP contribution in [0.15, 0.2) is 23.1 Å². The molecule has 0 aliphatic carbocycles. The Morgan fingerprint density at radius 3 is 2.50 bits per heavy atom. The molecule has 0 spiro atoms. The zero-order chi connectivity index (χ0) is 14.8. The third-order valence-electron chi connectivity index (χ3n) is 3.00. The summed E-state index contributed by atoms with van der Waals surface area (Å²) in [4.78, 5) is 0.233. The molecular formula is C13H18BrNO4S. The summed E-state index contributed by atoms with van der Waals surface area (Å²) in [5.41, 5.74) is 0. The molecule has 0 saturated carbocycles. The van der Waals surface area contributed by atoms with E-state index in [2.05, 4.69) is 15.9 Å². The number of hydrogen-bond donors (Lipinski definition) is 0. The van der Waals surface area contributed by atoms with Crippen LogP contribution in [0.5, 0.6) is 11.5 Å². The van der Waals surface area contributed by atoms with Gasteiger partial charge in [-0.05, 0) is 26.0 Å². The summed E-state index contributed by atoms with van der Waals surface area (Å²) in [7, 11) is -3.53. The van der Waals surface area contributed by atoms with Crippen molar-refractivity contribution in [1.29, 1.82) is 0 Å². The summed E-state index contributed by atoms with van der Waals surface area (Å²) in [6, 6.07) is 4.64. The van der Waals surface area contributed by atoms with E-state index in [0.717, 1.165) is 0 Å². The van der Waals surface area contributed by atoms with E-state index in [-0.39, 0.29) is 10.9 Å². The quantitative estimate of drug-likeness (QED) is 0.752. The van der Waals surface area contributed by atoms with Gasteiger partial charge in [0.1, 0.15) is 13.2 Å². The summed E-state index contributed by atoms with van der Waals surface area (Å²) in [6.07, 6.45) is 0. The van der Waals surface area contributed by atoms with E-state index < -0.39 is 10.0 Å². The number of alkyl halides is 1. The Balaban J connectivity index is 2.38. The number of benzene rings is 1. The van der Waals surface area contributed by atoms with Gasteiger partial charge in [0, 0.05) is 24.0 Å². The predicted molar refractivity (Wildman–Crippen MR) is 80.3 cm³/mol. The average Bonchev–Trinajstić information content (AvgIpc) is 2.43. The maximum atomic E-state index is 12.7. The lowest BCUT2D eigenvalue weighted by Crippen LogP contribution is -2.38. The predicted octanol–water partition coefficient (Wildman–Crippen LogP) is 2.25. The second kappa shape index (κ2) is 6.32. The first-order chi connectivity index (χ1) is 9.46. The molecule has 1 heterocycles. The third-order valence-corrected chi connectivity index (χ3v) is 5.43. The second-order valence-corrected chi connectivity index (χ2v) is 7.39. The van der Waals surface area contributed by atoms with Crippen molar-refractivity contribution in [3.8, 4) is 11.5 Å². The van der Waals surface area contributed by atoms with Crippen LogP contribution in [-0.4, -0.2) is 43.9 Å². The lowest BCUT2D eigenvalue weighted by atomic mass is 10.3. The van der Waals surface area contributed by atoms with Gasteiger partial charge in [-0.15, -0.1) is 0 Å². The first kappa shape index (κ1) is 15.6. The average molecular weight is 364 g/mol. The van der Waals surface area contributed by atoms with Gasteiger partial charge >= 0.3 is 0 Å². The first-order valence-electron chi connectivity index (χ1n) is 6.44. The van der Waals surface area contributed by atoms with Gasteiger partial charge in [-0.25, -0.2) is 8.42 Å². The molecule has 0 amide bonds. The van der Waals surface area contributed by atoms with Crippen molar-refractivity contribution in [1.82, 2.24) is 4.31 Å². The molecule has 0 atom stereocenters. The maximum absolute atomic E-state index is 12.7. The van der Waals surface area contributed by atoms with E-state index in [0.29, 0.717) is 36.6 Å². The number of nitrogens with zero attached hydrogens (tertiary/aromatic N) is 1. The third kappa shape index (κ3) is 3.10. The SMILES string of the molecule is CC(C)N(CCBr)S(=O)(=O)c1ccc2c(c1)OCCO2. The molecule has 0 radical (unpaired) electrons. The molecule has 1 aliphatic rings. The zero-order valence-electron chi connectivity index (χ0n) is 11.5. The van der Waals surface area contributed by atoms with Crippen molar-refractivity contribution in [3.05, 3.63) is 18.2 Å². The highest BCUT2D eigenvalue weighted by molar-refractivity contribution is 9.09. The molecule has 2 rings (SSSR count). The lowest BCUT2D eigenvalue weighted by Gasteiger charge is -2.26. The number of fused-ring (bicyclic) bond motifs is 1. The molecular weight excluding hydrogens is 346 g/mol. The maximum Gasteiger partial charge on any atom is 0.243 e. The van der Waals surface area contributed by atoms with Gasteiger partial charge in [0.2, 0.25) is 10.0 Å². The first-order valence-corrected chi connectivity index (χ1v) is 9.00.